The van der Waals surface area contributed by atoms with Gasteiger partial charge in [0.1, 0.15) is 5.75 Å². The molecule has 2 aromatic rings. The molecule has 5 nitrogen and oxygen atoms in total. The SMILES string of the molecule is CNCc1noc(CCOc2cccc(C)c2)n1. The molecule has 1 aromatic carbocycles. The Bertz CT molecular complexity index is 496. The highest BCUT2D eigenvalue weighted by Crippen LogP contribution is 2.12. The van der Waals surface area contributed by atoms with Gasteiger partial charge in [-0.1, -0.05) is 17.3 Å². The minimum atomic E-state index is 0.532. The average Bonchev–Trinajstić information content (AvgIpc) is 2.78. The third-order valence-corrected chi connectivity index (χ3v) is 2.42. The summed E-state index contributed by atoms with van der Waals surface area (Å²) in [4.78, 5) is 4.23. The summed E-state index contributed by atoms with van der Waals surface area (Å²) in [5.74, 6) is 2.14. The number of nitrogens with zero attached hydrogens (tertiary/aromatic N) is 2. The van der Waals surface area contributed by atoms with Crippen LogP contribution < -0.4 is 10.1 Å². The Morgan fingerprint density at radius 3 is 3.06 bits per heavy atom. The average molecular weight is 247 g/mol. The Labute approximate surface area is 106 Å². The lowest BCUT2D eigenvalue weighted by atomic mass is 10.2. The molecule has 0 radical (unpaired) electrons. The van der Waals surface area contributed by atoms with Gasteiger partial charge in [-0.15, -0.1) is 0 Å². The number of ether oxygens (including phenoxy) is 1. The summed E-state index contributed by atoms with van der Waals surface area (Å²) in [6, 6.07) is 7.95. The Balaban J connectivity index is 1.81. The minimum absolute atomic E-state index is 0.532. The van der Waals surface area contributed by atoms with Crippen LogP contribution in [0.1, 0.15) is 17.3 Å². The van der Waals surface area contributed by atoms with Crippen LogP contribution in [0.4, 0.5) is 0 Å². The second kappa shape index (κ2) is 6.16. The summed E-state index contributed by atoms with van der Waals surface area (Å²) >= 11 is 0. The van der Waals surface area contributed by atoms with Crippen molar-refractivity contribution in [3.8, 4) is 5.75 Å². The van der Waals surface area contributed by atoms with Gasteiger partial charge in [-0.3, -0.25) is 0 Å². The molecule has 0 amide bonds. The molecule has 1 heterocycles. The summed E-state index contributed by atoms with van der Waals surface area (Å²) in [6.07, 6.45) is 0.616. The molecular formula is C13H17N3O2. The van der Waals surface area contributed by atoms with E-state index in [0.717, 1.165) is 5.75 Å². The van der Waals surface area contributed by atoms with Crippen molar-refractivity contribution in [2.24, 2.45) is 0 Å². The van der Waals surface area contributed by atoms with Crippen molar-refractivity contribution in [2.75, 3.05) is 13.7 Å². The summed E-state index contributed by atoms with van der Waals surface area (Å²) in [5.41, 5.74) is 1.18. The van der Waals surface area contributed by atoms with E-state index in [4.69, 9.17) is 9.26 Å². The van der Waals surface area contributed by atoms with E-state index in [1.807, 2.05) is 38.2 Å². The summed E-state index contributed by atoms with van der Waals surface area (Å²) in [5, 5.41) is 6.81. The molecule has 0 aliphatic rings. The summed E-state index contributed by atoms with van der Waals surface area (Å²) < 4.78 is 10.7. The Morgan fingerprint density at radius 2 is 2.28 bits per heavy atom. The number of rotatable bonds is 6. The van der Waals surface area contributed by atoms with Crippen molar-refractivity contribution in [1.29, 1.82) is 0 Å². The third kappa shape index (κ3) is 3.56. The summed E-state index contributed by atoms with van der Waals surface area (Å²) in [6.45, 7) is 3.18. The summed E-state index contributed by atoms with van der Waals surface area (Å²) in [7, 11) is 1.84. The second-order valence-electron chi connectivity index (χ2n) is 4.05. The first kappa shape index (κ1) is 12.6. The van der Waals surface area contributed by atoms with Crippen LogP contribution in [0.15, 0.2) is 28.8 Å². The number of hydrogen-bond acceptors (Lipinski definition) is 5. The molecule has 0 atom stereocenters. The van der Waals surface area contributed by atoms with E-state index in [2.05, 4.69) is 15.5 Å². The zero-order chi connectivity index (χ0) is 12.8. The third-order valence-electron chi connectivity index (χ3n) is 2.42. The largest absolute Gasteiger partial charge is 0.493 e. The van der Waals surface area contributed by atoms with Gasteiger partial charge in [0.2, 0.25) is 5.89 Å². The molecule has 0 fully saturated rings. The van der Waals surface area contributed by atoms with Crippen molar-refractivity contribution >= 4 is 0 Å². The van der Waals surface area contributed by atoms with Gasteiger partial charge in [0.05, 0.1) is 19.6 Å². The Hall–Kier alpha value is -1.88. The quantitative estimate of drug-likeness (QED) is 0.842. The van der Waals surface area contributed by atoms with Gasteiger partial charge in [0, 0.05) is 0 Å². The Kier molecular flexibility index (Phi) is 4.30. The minimum Gasteiger partial charge on any atom is -0.493 e. The lowest BCUT2D eigenvalue weighted by Crippen LogP contribution is -2.07. The van der Waals surface area contributed by atoms with Crippen LogP contribution in [0.3, 0.4) is 0 Å². The lowest BCUT2D eigenvalue weighted by Gasteiger charge is -2.04. The van der Waals surface area contributed by atoms with E-state index in [1.54, 1.807) is 0 Å². The predicted molar refractivity (Wildman–Crippen MR) is 67.4 cm³/mol. The van der Waals surface area contributed by atoms with Gasteiger partial charge in [-0.05, 0) is 31.7 Å². The number of aryl methyl sites for hydroxylation is 1. The molecule has 1 N–H and O–H groups in total. The van der Waals surface area contributed by atoms with Gasteiger partial charge in [0.25, 0.3) is 0 Å². The molecule has 0 saturated carbocycles. The zero-order valence-corrected chi connectivity index (χ0v) is 10.6. The topological polar surface area (TPSA) is 60.2 Å². The first-order valence-electron chi connectivity index (χ1n) is 5.93. The molecule has 0 aliphatic carbocycles. The monoisotopic (exact) mass is 247 g/mol. The molecule has 0 spiro atoms. The van der Waals surface area contributed by atoms with Gasteiger partial charge in [0.15, 0.2) is 5.82 Å². The molecule has 18 heavy (non-hydrogen) atoms. The molecule has 0 aliphatic heterocycles. The molecule has 0 unspecified atom stereocenters. The zero-order valence-electron chi connectivity index (χ0n) is 10.6. The molecule has 0 saturated heterocycles. The standard InChI is InChI=1S/C13H17N3O2/c1-10-4-3-5-11(8-10)17-7-6-13-15-12(9-14-2)16-18-13/h3-5,8,14H,6-7,9H2,1-2H3. The highest BCUT2D eigenvalue weighted by atomic mass is 16.5. The molecule has 2 rings (SSSR count). The van der Waals surface area contributed by atoms with Crippen molar-refractivity contribution < 1.29 is 9.26 Å². The molecular weight excluding hydrogens is 230 g/mol. The molecule has 1 aromatic heterocycles. The molecule has 5 heteroatoms. The normalized spacial score (nSPS) is 10.6. The van der Waals surface area contributed by atoms with Gasteiger partial charge < -0.3 is 14.6 Å². The van der Waals surface area contributed by atoms with E-state index in [-0.39, 0.29) is 0 Å². The van der Waals surface area contributed by atoms with E-state index >= 15 is 0 Å². The number of benzene rings is 1. The predicted octanol–water partition coefficient (Wildman–Crippen LogP) is 1.72. The van der Waals surface area contributed by atoms with E-state index in [1.165, 1.54) is 5.56 Å². The van der Waals surface area contributed by atoms with Crippen molar-refractivity contribution in [3.63, 3.8) is 0 Å². The van der Waals surface area contributed by atoms with Gasteiger partial charge in [-0.2, -0.15) is 4.98 Å². The fraction of sp³-hybridized carbons (Fsp3) is 0.385. The fourth-order valence-corrected chi connectivity index (χ4v) is 1.58. The number of aromatic nitrogens is 2. The van der Waals surface area contributed by atoms with Crippen LogP contribution in [0, 0.1) is 6.92 Å². The molecule has 96 valence electrons. The smallest absolute Gasteiger partial charge is 0.230 e. The maximum Gasteiger partial charge on any atom is 0.230 e. The fourth-order valence-electron chi connectivity index (χ4n) is 1.58. The maximum atomic E-state index is 5.62. The Morgan fingerprint density at radius 1 is 1.39 bits per heavy atom. The van der Waals surface area contributed by atoms with Crippen LogP contribution in [0.25, 0.3) is 0 Å². The van der Waals surface area contributed by atoms with Gasteiger partial charge in [-0.25, -0.2) is 0 Å². The highest BCUT2D eigenvalue weighted by molar-refractivity contribution is 5.27. The second-order valence-corrected chi connectivity index (χ2v) is 4.05. The highest BCUT2D eigenvalue weighted by Gasteiger charge is 2.05. The van der Waals surface area contributed by atoms with Crippen molar-refractivity contribution in [2.45, 2.75) is 19.9 Å². The van der Waals surface area contributed by atoms with Crippen LogP contribution in [0.5, 0.6) is 5.75 Å². The van der Waals surface area contributed by atoms with E-state index in [0.29, 0.717) is 31.3 Å². The van der Waals surface area contributed by atoms with Crippen LogP contribution in [-0.4, -0.2) is 23.8 Å². The number of hydrogen-bond donors (Lipinski definition) is 1. The van der Waals surface area contributed by atoms with Crippen LogP contribution >= 0.6 is 0 Å². The number of nitrogens with one attached hydrogen (secondary N) is 1. The van der Waals surface area contributed by atoms with Crippen LogP contribution in [-0.2, 0) is 13.0 Å². The van der Waals surface area contributed by atoms with Crippen LogP contribution in [0.2, 0.25) is 0 Å². The lowest BCUT2D eigenvalue weighted by molar-refractivity contribution is 0.291. The first-order chi connectivity index (χ1) is 8.78. The van der Waals surface area contributed by atoms with Crippen molar-refractivity contribution in [3.05, 3.63) is 41.5 Å². The van der Waals surface area contributed by atoms with E-state index in [9.17, 15) is 0 Å². The van der Waals surface area contributed by atoms with Gasteiger partial charge >= 0.3 is 0 Å². The van der Waals surface area contributed by atoms with E-state index < -0.39 is 0 Å². The molecule has 0 bridgehead atoms. The maximum absolute atomic E-state index is 5.62. The first-order valence-corrected chi connectivity index (χ1v) is 5.93. The van der Waals surface area contributed by atoms with Crippen molar-refractivity contribution in [1.82, 2.24) is 15.5 Å².